The summed E-state index contributed by atoms with van der Waals surface area (Å²) in [6.45, 7) is 1.96. The summed E-state index contributed by atoms with van der Waals surface area (Å²) in [5, 5.41) is 0. The van der Waals surface area contributed by atoms with E-state index in [4.69, 9.17) is 4.74 Å². The molecule has 2 atom stereocenters. The van der Waals surface area contributed by atoms with Gasteiger partial charge in [-0.3, -0.25) is 9.59 Å². The molecule has 1 saturated heterocycles. The number of rotatable bonds is 1. The second-order valence-electron chi connectivity index (χ2n) is 4.92. The molecule has 2 unspecified atom stereocenters. The molecule has 0 bridgehead atoms. The molecule has 3 heteroatoms. The molecular formula is C15H14O3. The van der Waals surface area contributed by atoms with Gasteiger partial charge >= 0.3 is 11.9 Å². The molecule has 1 aromatic carbocycles. The first-order valence-corrected chi connectivity index (χ1v) is 6.16. The van der Waals surface area contributed by atoms with Gasteiger partial charge in [-0.05, 0) is 30.9 Å². The standard InChI is InChI=1S/C15H14O3/c1-10-6-2-3-7-11(10)15-9-5-4-8-12(15)13(16)18-14(15)17/h2-3,5-7,9,12H,4,8H2,1H3. The molecule has 0 spiro atoms. The van der Waals surface area contributed by atoms with Crippen LogP contribution in [0.3, 0.4) is 0 Å². The van der Waals surface area contributed by atoms with Crippen molar-refractivity contribution in [2.24, 2.45) is 5.92 Å². The second kappa shape index (κ2) is 3.80. The largest absolute Gasteiger partial charge is 0.392 e. The number of esters is 2. The van der Waals surface area contributed by atoms with E-state index in [1.54, 1.807) is 0 Å². The van der Waals surface area contributed by atoms with E-state index in [9.17, 15) is 9.59 Å². The zero-order valence-corrected chi connectivity index (χ0v) is 10.2. The zero-order chi connectivity index (χ0) is 12.8. The molecule has 0 radical (unpaired) electrons. The first kappa shape index (κ1) is 11.2. The van der Waals surface area contributed by atoms with Crippen molar-refractivity contribution in [2.75, 3.05) is 0 Å². The van der Waals surface area contributed by atoms with Crippen molar-refractivity contribution in [3.8, 4) is 0 Å². The van der Waals surface area contributed by atoms with Crippen LogP contribution in [-0.4, -0.2) is 11.9 Å². The number of hydrogen-bond acceptors (Lipinski definition) is 3. The van der Waals surface area contributed by atoms with E-state index in [2.05, 4.69) is 0 Å². The molecule has 0 saturated carbocycles. The van der Waals surface area contributed by atoms with Crippen LogP contribution in [0, 0.1) is 12.8 Å². The molecule has 1 heterocycles. The van der Waals surface area contributed by atoms with Gasteiger partial charge in [0.1, 0.15) is 5.41 Å². The molecule has 18 heavy (non-hydrogen) atoms. The Kier molecular flexibility index (Phi) is 2.37. The zero-order valence-electron chi connectivity index (χ0n) is 10.2. The van der Waals surface area contributed by atoms with Gasteiger partial charge in [-0.2, -0.15) is 0 Å². The van der Waals surface area contributed by atoms with Gasteiger partial charge in [0.25, 0.3) is 0 Å². The normalized spacial score (nSPS) is 30.2. The number of allylic oxidation sites excluding steroid dienone is 1. The fraction of sp³-hybridized carbons (Fsp3) is 0.333. The molecule has 0 aromatic heterocycles. The van der Waals surface area contributed by atoms with Crippen molar-refractivity contribution in [1.82, 2.24) is 0 Å². The van der Waals surface area contributed by atoms with Gasteiger partial charge in [0.05, 0.1) is 5.92 Å². The molecule has 1 fully saturated rings. The number of carbonyl (C=O) groups is 2. The summed E-state index contributed by atoms with van der Waals surface area (Å²) >= 11 is 0. The lowest BCUT2D eigenvalue weighted by atomic mass is 9.66. The third-order valence-electron chi connectivity index (χ3n) is 3.96. The van der Waals surface area contributed by atoms with Crippen molar-refractivity contribution >= 4 is 11.9 Å². The van der Waals surface area contributed by atoms with Crippen LogP contribution in [0.4, 0.5) is 0 Å². The van der Waals surface area contributed by atoms with Crippen LogP contribution in [-0.2, 0) is 19.7 Å². The monoisotopic (exact) mass is 242 g/mol. The van der Waals surface area contributed by atoms with Crippen LogP contribution in [0.5, 0.6) is 0 Å². The molecule has 1 aromatic rings. The molecule has 92 valence electrons. The molecule has 1 aliphatic carbocycles. The Morgan fingerprint density at radius 3 is 2.83 bits per heavy atom. The highest BCUT2D eigenvalue weighted by Gasteiger charge is 2.58. The van der Waals surface area contributed by atoms with Gasteiger partial charge in [0.2, 0.25) is 0 Å². The van der Waals surface area contributed by atoms with Gasteiger partial charge in [0.15, 0.2) is 0 Å². The molecule has 3 nitrogen and oxygen atoms in total. The van der Waals surface area contributed by atoms with Crippen LogP contribution >= 0.6 is 0 Å². The SMILES string of the molecule is Cc1ccccc1C12C=CCCC1C(=O)OC2=O. The number of carbonyl (C=O) groups excluding carboxylic acids is 2. The predicted molar refractivity (Wildman–Crippen MR) is 65.8 cm³/mol. The van der Waals surface area contributed by atoms with Gasteiger partial charge in [0, 0.05) is 0 Å². The Morgan fingerprint density at radius 1 is 1.28 bits per heavy atom. The number of cyclic esters (lactones) is 2. The Morgan fingerprint density at radius 2 is 2.06 bits per heavy atom. The average molecular weight is 242 g/mol. The summed E-state index contributed by atoms with van der Waals surface area (Å²) in [6, 6.07) is 7.70. The molecule has 3 rings (SSSR count). The Bertz CT molecular complexity index is 559. The lowest BCUT2D eigenvalue weighted by Crippen LogP contribution is -2.39. The van der Waals surface area contributed by atoms with Crippen molar-refractivity contribution < 1.29 is 14.3 Å². The Balaban J connectivity index is 2.25. The maximum atomic E-state index is 12.2. The van der Waals surface area contributed by atoms with E-state index >= 15 is 0 Å². The lowest BCUT2D eigenvalue weighted by Gasteiger charge is -2.31. The van der Waals surface area contributed by atoms with E-state index in [-0.39, 0.29) is 11.9 Å². The number of hydrogen-bond donors (Lipinski definition) is 0. The molecule has 2 aliphatic rings. The minimum atomic E-state index is -0.888. The maximum absolute atomic E-state index is 12.2. The minimum Gasteiger partial charge on any atom is -0.392 e. The minimum absolute atomic E-state index is 0.365. The summed E-state index contributed by atoms with van der Waals surface area (Å²) in [6.07, 6.45) is 5.33. The molecule has 0 amide bonds. The molecule has 1 aliphatic heterocycles. The third-order valence-corrected chi connectivity index (χ3v) is 3.96. The third kappa shape index (κ3) is 1.30. The summed E-state index contributed by atoms with van der Waals surface area (Å²) in [5.74, 6) is -1.17. The van der Waals surface area contributed by atoms with Crippen molar-refractivity contribution in [3.05, 3.63) is 47.5 Å². The second-order valence-corrected chi connectivity index (χ2v) is 4.92. The Labute approximate surface area is 105 Å². The first-order valence-electron chi connectivity index (χ1n) is 6.16. The van der Waals surface area contributed by atoms with Crippen LogP contribution in [0.2, 0.25) is 0 Å². The average Bonchev–Trinajstić information content (AvgIpc) is 2.63. The predicted octanol–water partition coefficient (Wildman–Crippen LogP) is 2.28. The van der Waals surface area contributed by atoms with E-state index in [1.807, 2.05) is 43.3 Å². The van der Waals surface area contributed by atoms with E-state index in [1.165, 1.54) is 0 Å². The van der Waals surface area contributed by atoms with Crippen LogP contribution in [0.1, 0.15) is 24.0 Å². The van der Waals surface area contributed by atoms with Gasteiger partial charge in [-0.25, -0.2) is 0 Å². The maximum Gasteiger partial charge on any atom is 0.329 e. The van der Waals surface area contributed by atoms with Gasteiger partial charge in [-0.15, -0.1) is 0 Å². The van der Waals surface area contributed by atoms with Crippen LogP contribution in [0.15, 0.2) is 36.4 Å². The topological polar surface area (TPSA) is 43.4 Å². The highest BCUT2D eigenvalue weighted by Crippen LogP contribution is 2.46. The van der Waals surface area contributed by atoms with Gasteiger partial charge in [-0.1, -0.05) is 36.4 Å². The fourth-order valence-corrected chi connectivity index (χ4v) is 3.06. The number of benzene rings is 1. The Hall–Kier alpha value is -1.90. The molecule has 0 N–H and O–H groups in total. The highest BCUT2D eigenvalue weighted by atomic mass is 16.6. The smallest absolute Gasteiger partial charge is 0.329 e. The van der Waals surface area contributed by atoms with Crippen molar-refractivity contribution in [1.29, 1.82) is 0 Å². The summed E-state index contributed by atoms with van der Waals surface area (Å²) < 4.78 is 4.89. The summed E-state index contributed by atoms with van der Waals surface area (Å²) in [7, 11) is 0. The number of aryl methyl sites for hydroxylation is 1. The number of ether oxygens (including phenoxy) is 1. The highest BCUT2D eigenvalue weighted by molar-refractivity contribution is 6.04. The van der Waals surface area contributed by atoms with E-state index in [0.29, 0.717) is 6.42 Å². The summed E-state index contributed by atoms with van der Waals surface area (Å²) in [5.41, 5.74) is 1.02. The first-order chi connectivity index (χ1) is 8.66. The molecular weight excluding hydrogens is 228 g/mol. The lowest BCUT2D eigenvalue weighted by molar-refractivity contribution is -0.153. The van der Waals surface area contributed by atoms with E-state index < -0.39 is 11.4 Å². The van der Waals surface area contributed by atoms with Gasteiger partial charge < -0.3 is 4.74 Å². The van der Waals surface area contributed by atoms with Crippen LogP contribution in [0.25, 0.3) is 0 Å². The fourth-order valence-electron chi connectivity index (χ4n) is 3.06. The van der Waals surface area contributed by atoms with E-state index in [0.717, 1.165) is 17.5 Å². The van der Waals surface area contributed by atoms with Crippen molar-refractivity contribution in [2.45, 2.75) is 25.2 Å². The van der Waals surface area contributed by atoms with Crippen molar-refractivity contribution in [3.63, 3.8) is 0 Å². The summed E-state index contributed by atoms with van der Waals surface area (Å²) in [4.78, 5) is 24.0. The number of fused-ring (bicyclic) bond motifs is 1. The van der Waals surface area contributed by atoms with Crippen LogP contribution < -0.4 is 0 Å². The quantitative estimate of drug-likeness (QED) is 0.431.